The van der Waals surface area contributed by atoms with E-state index in [9.17, 15) is 4.79 Å². The third-order valence-corrected chi connectivity index (χ3v) is 8.33. The highest BCUT2D eigenvalue weighted by molar-refractivity contribution is 5.96. The molecule has 3 heteroatoms. The molecule has 3 aliphatic heterocycles. The zero-order valence-electron chi connectivity index (χ0n) is 21.2. The lowest BCUT2D eigenvalue weighted by molar-refractivity contribution is 0.00615. The first-order chi connectivity index (χ1) is 18.3. The van der Waals surface area contributed by atoms with Gasteiger partial charge in [-0.05, 0) is 66.6 Å². The van der Waals surface area contributed by atoms with Crippen molar-refractivity contribution < 1.29 is 4.79 Å². The maximum absolute atomic E-state index is 13.9. The third kappa shape index (κ3) is 4.97. The molecule has 3 aliphatic rings. The van der Waals surface area contributed by atoms with Gasteiger partial charge in [-0.15, -0.1) is 0 Å². The predicted octanol–water partition coefficient (Wildman–Crippen LogP) is 6.30. The number of carbonyl (C=O) groups is 1. The predicted molar refractivity (Wildman–Crippen MR) is 150 cm³/mol. The lowest BCUT2D eigenvalue weighted by Crippen LogP contribution is -2.65. The molecule has 1 amide bonds. The fraction of sp³-hybridized carbons (Fsp3) is 0.265. The molecule has 4 aromatic rings. The van der Waals surface area contributed by atoms with E-state index in [1.807, 2.05) is 24.3 Å². The molecule has 0 radical (unpaired) electrons. The van der Waals surface area contributed by atoms with Crippen molar-refractivity contribution in [3.05, 3.63) is 143 Å². The molecule has 3 nitrogen and oxygen atoms in total. The van der Waals surface area contributed by atoms with Crippen LogP contribution in [0.3, 0.4) is 0 Å². The van der Waals surface area contributed by atoms with Gasteiger partial charge in [0.1, 0.15) is 0 Å². The summed E-state index contributed by atoms with van der Waals surface area (Å²) in [5.74, 6) is 0.751. The van der Waals surface area contributed by atoms with E-state index in [1.54, 1.807) is 0 Å². The monoisotopic (exact) mass is 486 g/mol. The Morgan fingerprint density at radius 2 is 1.27 bits per heavy atom. The van der Waals surface area contributed by atoms with Crippen LogP contribution in [0.5, 0.6) is 0 Å². The first-order valence-electron chi connectivity index (χ1n) is 13.5. The minimum atomic E-state index is 0.0511. The molecule has 3 fully saturated rings. The van der Waals surface area contributed by atoms with Gasteiger partial charge in [-0.25, -0.2) is 0 Å². The number of nitrogens with one attached hydrogen (secondary N) is 1. The summed E-state index contributed by atoms with van der Waals surface area (Å²) < 4.78 is 0. The Morgan fingerprint density at radius 1 is 0.730 bits per heavy atom. The number of amides is 1. The van der Waals surface area contributed by atoms with Gasteiger partial charge >= 0.3 is 0 Å². The molecule has 7 rings (SSSR count). The summed E-state index contributed by atoms with van der Waals surface area (Å²) in [4.78, 5) is 16.5. The maximum atomic E-state index is 13.9. The maximum Gasteiger partial charge on any atom is 0.251 e. The van der Waals surface area contributed by atoms with Gasteiger partial charge in [-0.1, -0.05) is 109 Å². The summed E-state index contributed by atoms with van der Waals surface area (Å²) in [5.41, 5.74) is 5.71. The molecule has 3 saturated heterocycles. The number of benzene rings is 4. The summed E-state index contributed by atoms with van der Waals surface area (Å²) in [6.45, 7) is 2.20. The van der Waals surface area contributed by atoms with E-state index in [4.69, 9.17) is 0 Å². The van der Waals surface area contributed by atoms with Gasteiger partial charge in [-0.2, -0.15) is 0 Å². The highest BCUT2D eigenvalue weighted by atomic mass is 16.1. The third-order valence-electron chi connectivity index (χ3n) is 8.33. The Hall–Kier alpha value is -3.69. The van der Waals surface area contributed by atoms with E-state index in [-0.39, 0.29) is 23.9 Å². The highest BCUT2D eigenvalue weighted by Crippen LogP contribution is 2.42. The molecule has 0 saturated carbocycles. The first-order valence-corrected chi connectivity index (χ1v) is 13.5. The van der Waals surface area contributed by atoms with Gasteiger partial charge in [0.25, 0.3) is 5.91 Å². The van der Waals surface area contributed by atoms with Crippen molar-refractivity contribution in [2.24, 2.45) is 5.92 Å². The smallest absolute Gasteiger partial charge is 0.251 e. The van der Waals surface area contributed by atoms with Crippen LogP contribution in [0.1, 0.15) is 51.4 Å². The lowest BCUT2D eigenvalue weighted by atomic mass is 9.70. The van der Waals surface area contributed by atoms with Gasteiger partial charge in [0, 0.05) is 23.6 Å². The Kier molecular flexibility index (Phi) is 6.88. The largest absolute Gasteiger partial charge is 0.347 e. The molecular formula is C34H34N2O. The summed E-state index contributed by atoms with van der Waals surface area (Å²) in [7, 11) is 0. The van der Waals surface area contributed by atoms with Crippen molar-refractivity contribution in [2.45, 2.75) is 37.3 Å². The van der Waals surface area contributed by atoms with Crippen molar-refractivity contribution in [1.29, 1.82) is 0 Å². The Balaban J connectivity index is 1.34. The van der Waals surface area contributed by atoms with E-state index in [1.165, 1.54) is 16.7 Å². The van der Waals surface area contributed by atoms with Crippen LogP contribution in [-0.2, 0) is 6.42 Å². The second kappa shape index (κ2) is 10.7. The number of rotatable bonds is 7. The summed E-state index contributed by atoms with van der Waals surface area (Å²) in [6.07, 6.45) is 3.04. The Bertz CT molecular complexity index is 1270. The summed E-state index contributed by atoms with van der Waals surface area (Å²) >= 11 is 0. The molecule has 2 unspecified atom stereocenters. The van der Waals surface area contributed by atoms with E-state index < -0.39 is 0 Å². The normalized spacial score (nSPS) is 22.6. The average molecular weight is 487 g/mol. The SMILES string of the molecule is O=C(NC1C2CCN(CC2)C1C(c1ccccc1)c1ccccc1)c1ccccc1Cc1ccccc1. The van der Waals surface area contributed by atoms with E-state index in [0.29, 0.717) is 5.92 Å². The minimum absolute atomic E-state index is 0.0511. The van der Waals surface area contributed by atoms with Gasteiger partial charge in [0.2, 0.25) is 0 Å². The molecule has 0 aromatic heterocycles. The molecule has 0 spiro atoms. The molecular weight excluding hydrogens is 452 g/mol. The van der Waals surface area contributed by atoms with E-state index in [2.05, 4.69) is 101 Å². The van der Waals surface area contributed by atoms with Gasteiger partial charge in [0.05, 0.1) is 0 Å². The number of piperidine rings is 3. The number of hydrogen-bond acceptors (Lipinski definition) is 2. The van der Waals surface area contributed by atoms with Crippen LogP contribution in [0.25, 0.3) is 0 Å². The van der Waals surface area contributed by atoms with Crippen molar-refractivity contribution in [3.8, 4) is 0 Å². The number of nitrogens with zero attached hydrogens (tertiary/aromatic N) is 1. The molecule has 0 aliphatic carbocycles. The summed E-state index contributed by atoms with van der Waals surface area (Å²) in [5, 5.41) is 3.58. The Morgan fingerprint density at radius 3 is 1.89 bits per heavy atom. The molecule has 1 N–H and O–H groups in total. The van der Waals surface area contributed by atoms with Gasteiger partial charge < -0.3 is 5.32 Å². The fourth-order valence-corrected chi connectivity index (χ4v) is 6.55. The topological polar surface area (TPSA) is 32.3 Å². The first kappa shape index (κ1) is 23.7. The highest BCUT2D eigenvalue weighted by Gasteiger charge is 2.47. The average Bonchev–Trinajstić information content (AvgIpc) is 2.97. The quantitative estimate of drug-likeness (QED) is 0.332. The van der Waals surface area contributed by atoms with E-state index in [0.717, 1.165) is 43.5 Å². The van der Waals surface area contributed by atoms with Crippen LogP contribution in [-0.4, -0.2) is 36.0 Å². The Labute approximate surface area is 220 Å². The molecule has 4 aromatic carbocycles. The van der Waals surface area contributed by atoms with Crippen molar-refractivity contribution in [3.63, 3.8) is 0 Å². The number of hydrogen-bond donors (Lipinski definition) is 1. The van der Waals surface area contributed by atoms with Crippen molar-refractivity contribution in [1.82, 2.24) is 10.2 Å². The standard InChI is InChI=1S/C34H34N2O/c37-34(30-19-11-10-18-29(30)24-25-12-4-1-5-13-25)35-32-28-20-22-36(23-21-28)33(32)31(26-14-6-2-7-15-26)27-16-8-3-9-17-27/h1-19,28,31-33H,20-24H2,(H,35,37). The van der Waals surface area contributed by atoms with E-state index >= 15 is 0 Å². The van der Waals surface area contributed by atoms with Gasteiger partial charge in [-0.3, -0.25) is 9.69 Å². The molecule has 3 heterocycles. The minimum Gasteiger partial charge on any atom is -0.347 e. The molecule has 2 atom stereocenters. The number of fused-ring (bicyclic) bond motifs is 3. The second-order valence-electron chi connectivity index (χ2n) is 10.5. The van der Waals surface area contributed by atoms with Crippen LogP contribution in [0.2, 0.25) is 0 Å². The van der Waals surface area contributed by atoms with Crippen LogP contribution >= 0.6 is 0 Å². The van der Waals surface area contributed by atoms with Crippen LogP contribution in [0, 0.1) is 5.92 Å². The van der Waals surface area contributed by atoms with Crippen LogP contribution < -0.4 is 5.32 Å². The fourth-order valence-electron chi connectivity index (χ4n) is 6.55. The second-order valence-corrected chi connectivity index (χ2v) is 10.5. The van der Waals surface area contributed by atoms with Crippen molar-refractivity contribution >= 4 is 5.91 Å². The van der Waals surface area contributed by atoms with Crippen LogP contribution in [0.15, 0.2) is 115 Å². The van der Waals surface area contributed by atoms with Gasteiger partial charge in [0.15, 0.2) is 0 Å². The van der Waals surface area contributed by atoms with Crippen LogP contribution in [0.4, 0.5) is 0 Å². The zero-order valence-corrected chi connectivity index (χ0v) is 21.2. The lowest BCUT2D eigenvalue weighted by Gasteiger charge is -2.54. The molecule has 37 heavy (non-hydrogen) atoms. The number of carbonyl (C=O) groups excluding carboxylic acids is 1. The van der Waals surface area contributed by atoms with Crippen molar-refractivity contribution in [2.75, 3.05) is 13.1 Å². The molecule has 186 valence electrons. The molecule has 2 bridgehead atoms. The summed E-state index contributed by atoms with van der Waals surface area (Å²) in [6, 6.07) is 40.5. The zero-order chi connectivity index (χ0) is 25.0.